The van der Waals surface area contributed by atoms with Gasteiger partial charge in [-0.25, -0.2) is 4.68 Å². The van der Waals surface area contributed by atoms with Crippen LogP contribution in [-0.2, 0) is 10.0 Å². The Morgan fingerprint density at radius 3 is 2.53 bits per heavy atom. The molecular weight excluding hydrogens is 450 g/mol. The molecule has 1 saturated heterocycles. The SMILES string of the molecule is Cc1ccc(-n2ncc(C(=O)Nc3cccc(S(=O)(=O)/N=C4/CCCN4C)c3)c2C(C)C)cc1. The van der Waals surface area contributed by atoms with Crippen LogP contribution in [0.5, 0.6) is 0 Å². The predicted molar refractivity (Wildman–Crippen MR) is 133 cm³/mol. The Labute approximate surface area is 200 Å². The topological polar surface area (TPSA) is 96.7 Å². The Morgan fingerprint density at radius 2 is 1.88 bits per heavy atom. The maximum absolute atomic E-state index is 13.2. The minimum Gasteiger partial charge on any atom is -0.362 e. The number of hydrogen-bond donors (Lipinski definition) is 1. The van der Waals surface area contributed by atoms with E-state index in [1.54, 1.807) is 23.0 Å². The molecule has 4 rings (SSSR count). The van der Waals surface area contributed by atoms with Crippen molar-refractivity contribution in [3.8, 4) is 5.69 Å². The number of rotatable bonds is 6. The van der Waals surface area contributed by atoms with Gasteiger partial charge in [-0.2, -0.15) is 13.5 Å². The Hall–Kier alpha value is -3.46. The van der Waals surface area contributed by atoms with Crippen molar-refractivity contribution in [3.05, 3.63) is 71.5 Å². The summed E-state index contributed by atoms with van der Waals surface area (Å²) in [5, 5.41) is 7.29. The number of aryl methyl sites for hydroxylation is 1. The van der Waals surface area contributed by atoms with E-state index in [0.717, 1.165) is 29.9 Å². The average Bonchev–Trinajstić information content (AvgIpc) is 3.41. The molecule has 1 aromatic heterocycles. The summed E-state index contributed by atoms with van der Waals surface area (Å²) in [6, 6.07) is 14.1. The summed E-state index contributed by atoms with van der Waals surface area (Å²) in [5.74, 6) is 0.244. The highest BCUT2D eigenvalue weighted by Crippen LogP contribution is 2.25. The normalized spacial score (nSPS) is 15.3. The number of aromatic nitrogens is 2. The van der Waals surface area contributed by atoms with E-state index in [0.29, 0.717) is 23.5 Å². The largest absolute Gasteiger partial charge is 0.362 e. The first-order valence-electron chi connectivity index (χ1n) is 11.3. The molecule has 178 valence electrons. The number of anilines is 1. The molecule has 3 aromatic rings. The number of carbonyl (C=O) groups is 1. The molecular formula is C25H29N5O3S. The van der Waals surface area contributed by atoms with E-state index >= 15 is 0 Å². The first kappa shape index (κ1) is 23.7. The molecule has 0 unspecified atom stereocenters. The van der Waals surface area contributed by atoms with E-state index in [1.165, 1.54) is 12.1 Å². The number of nitrogens with zero attached hydrogens (tertiary/aromatic N) is 4. The minimum atomic E-state index is -3.88. The zero-order valence-corrected chi connectivity index (χ0v) is 20.6. The lowest BCUT2D eigenvalue weighted by atomic mass is 10.0. The zero-order chi connectivity index (χ0) is 24.5. The van der Waals surface area contributed by atoms with Gasteiger partial charge < -0.3 is 10.2 Å². The molecule has 1 fully saturated rings. The molecule has 1 aliphatic rings. The molecule has 2 heterocycles. The highest BCUT2D eigenvalue weighted by molar-refractivity contribution is 7.90. The number of nitrogens with one attached hydrogen (secondary N) is 1. The molecule has 34 heavy (non-hydrogen) atoms. The van der Waals surface area contributed by atoms with E-state index in [4.69, 9.17) is 0 Å². The lowest BCUT2D eigenvalue weighted by Gasteiger charge is -2.13. The van der Waals surface area contributed by atoms with E-state index in [-0.39, 0.29) is 16.7 Å². The van der Waals surface area contributed by atoms with Crippen LogP contribution >= 0.6 is 0 Å². The van der Waals surface area contributed by atoms with Crippen molar-refractivity contribution in [2.45, 2.75) is 44.4 Å². The molecule has 0 bridgehead atoms. The summed E-state index contributed by atoms with van der Waals surface area (Å²) in [7, 11) is -2.04. The quantitative estimate of drug-likeness (QED) is 0.566. The standard InChI is InChI=1S/C25H29N5O3S/c1-17(2)24-22(16-26-30(24)20-12-10-18(3)11-13-20)25(31)27-19-7-5-8-21(15-19)34(32,33)28-23-9-6-14-29(23)4/h5,7-8,10-13,15-17H,6,9,14H2,1-4H3,(H,27,31)/b28-23-. The monoisotopic (exact) mass is 479 g/mol. The third-order valence-corrected chi connectivity index (χ3v) is 7.13. The van der Waals surface area contributed by atoms with Gasteiger partial charge in [0.25, 0.3) is 15.9 Å². The van der Waals surface area contributed by atoms with Gasteiger partial charge >= 0.3 is 0 Å². The molecule has 1 amide bonds. The molecule has 0 aliphatic carbocycles. The van der Waals surface area contributed by atoms with Gasteiger partial charge in [-0.15, -0.1) is 4.40 Å². The summed E-state index contributed by atoms with van der Waals surface area (Å²) >= 11 is 0. The van der Waals surface area contributed by atoms with E-state index in [1.807, 2.05) is 57.0 Å². The van der Waals surface area contributed by atoms with E-state index in [9.17, 15) is 13.2 Å². The van der Waals surface area contributed by atoms with Crippen LogP contribution in [0.1, 0.15) is 54.2 Å². The number of amides is 1. The van der Waals surface area contributed by atoms with Crippen LogP contribution in [0.2, 0.25) is 0 Å². The lowest BCUT2D eigenvalue weighted by molar-refractivity contribution is 0.102. The number of hydrogen-bond acceptors (Lipinski definition) is 4. The number of sulfonamides is 1. The highest BCUT2D eigenvalue weighted by Gasteiger charge is 2.23. The van der Waals surface area contributed by atoms with Gasteiger partial charge in [0.15, 0.2) is 0 Å². The van der Waals surface area contributed by atoms with Crippen molar-refractivity contribution >= 4 is 27.5 Å². The fourth-order valence-electron chi connectivity index (χ4n) is 4.01. The fraction of sp³-hybridized carbons (Fsp3) is 0.320. The number of carbonyl (C=O) groups excluding carboxylic acids is 1. The van der Waals surface area contributed by atoms with Gasteiger partial charge in [-0.05, 0) is 49.6 Å². The highest BCUT2D eigenvalue weighted by atomic mass is 32.2. The molecule has 0 saturated carbocycles. The van der Waals surface area contributed by atoms with Gasteiger partial charge in [0.05, 0.1) is 28.0 Å². The fourth-order valence-corrected chi connectivity index (χ4v) is 5.15. The zero-order valence-electron chi connectivity index (χ0n) is 19.8. The molecule has 1 aliphatic heterocycles. The number of amidine groups is 1. The van der Waals surface area contributed by atoms with Crippen LogP contribution in [-0.4, -0.2) is 48.4 Å². The third kappa shape index (κ3) is 4.89. The van der Waals surface area contributed by atoms with Gasteiger partial charge in [0.2, 0.25) is 0 Å². The molecule has 2 aromatic carbocycles. The molecule has 1 N–H and O–H groups in total. The third-order valence-electron chi connectivity index (χ3n) is 5.83. The van der Waals surface area contributed by atoms with Crippen LogP contribution in [0, 0.1) is 6.92 Å². The second-order valence-electron chi connectivity index (χ2n) is 8.84. The molecule has 0 atom stereocenters. The molecule has 9 heteroatoms. The van der Waals surface area contributed by atoms with E-state index in [2.05, 4.69) is 14.8 Å². The Balaban J connectivity index is 1.61. The molecule has 8 nitrogen and oxygen atoms in total. The second kappa shape index (κ2) is 9.42. The summed E-state index contributed by atoms with van der Waals surface area (Å²) in [6.45, 7) is 6.82. The van der Waals surface area contributed by atoms with Crippen LogP contribution in [0.15, 0.2) is 64.0 Å². The van der Waals surface area contributed by atoms with Gasteiger partial charge in [-0.1, -0.05) is 37.6 Å². The van der Waals surface area contributed by atoms with Gasteiger partial charge in [0, 0.05) is 25.7 Å². The summed E-state index contributed by atoms with van der Waals surface area (Å²) in [5.41, 5.74) is 3.61. The van der Waals surface area contributed by atoms with Crippen LogP contribution in [0.4, 0.5) is 5.69 Å². The predicted octanol–water partition coefficient (Wildman–Crippen LogP) is 4.37. The molecule has 0 spiro atoms. The van der Waals surface area contributed by atoms with Crippen molar-refractivity contribution < 1.29 is 13.2 Å². The maximum atomic E-state index is 13.2. The van der Waals surface area contributed by atoms with Gasteiger partial charge in [-0.3, -0.25) is 4.79 Å². The van der Waals surface area contributed by atoms with Crippen molar-refractivity contribution in [1.29, 1.82) is 0 Å². The van der Waals surface area contributed by atoms with Crippen molar-refractivity contribution in [2.24, 2.45) is 4.40 Å². The van der Waals surface area contributed by atoms with Crippen LogP contribution in [0.25, 0.3) is 5.69 Å². The lowest BCUT2D eigenvalue weighted by Crippen LogP contribution is -2.20. The Kier molecular flexibility index (Phi) is 6.56. The van der Waals surface area contributed by atoms with E-state index < -0.39 is 10.0 Å². The summed E-state index contributed by atoms with van der Waals surface area (Å²) < 4.78 is 31.4. The van der Waals surface area contributed by atoms with Crippen LogP contribution in [0.3, 0.4) is 0 Å². The molecule has 0 radical (unpaired) electrons. The van der Waals surface area contributed by atoms with Gasteiger partial charge in [0.1, 0.15) is 5.84 Å². The summed E-state index contributed by atoms with van der Waals surface area (Å²) in [6.07, 6.45) is 3.07. The van der Waals surface area contributed by atoms with Crippen LogP contribution < -0.4 is 5.32 Å². The Bertz CT molecular complexity index is 1340. The first-order valence-corrected chi connectivity index (χ1v) is 12.7. The minimum absolute atomic E-state index is 0.0375. The second-order valence-corrected chi connectivity index (χ2v) is 10.4. The van der Waals surface area contributed by atoms with Crippen molar-refractivity contribution in [3.63, 3.8) is 0 Å². The smallest absolute Gasteiger partial charge is 0.284 e. The van der Waals surface area contributed by atoms with Crippen molar-refractivity contribution in [1.82, 2.24) is 14.7 Å². The first-order chi connectivity index (χ1) is 16.2. The number of benzene rings is 2. The Morgan fingerprint density at radius 1 is 1.15 bits per heavy atom. The average molecular weight is 480 g/mol. The number of likely N-dealkylation sites (tertiary alicyclic amines) is 1. The maximum Gasteiger partial charge on any atom is 0.284 e. The van der Waals surface area contributed by atoms with Crippen molar-refractivity contribution in [2.75, 3.05) is 18.9 Å². The summed E-state index contributed by atoms with van der Waals surface area (Å²) in [4.78, 5) is 15.1.